The first-order valence-electron chi connectivity index (χ1n) is 7.05. The maximum Gasteiger partial charge on any atom is 0.0589 e. The lowest BCUT2D eigenvalue weighted by Gasteiger charge is -2.27. The van der Waals surface area contributed by atoms with Crippen molar-refractivity contribution in [3.8, 4) is 0 Å². The maximum absolute atomic E-state index is 4.22. The molecule has 1 fully saturated rings. The number of hydrogen-bond donors (Lipinski definition) is 1. The van der Waals surface area contributed by atoms with Crippen LogP contribution in [-0.2, 0) is 0 Å². The first kappa shape index (κ1) is 12.4. The van der Waals surface area contributed by atoms with Gasteiger partial charge in [0, 0.05) is 12.4 Å². The van der Waals surface area contributed by atoms with Gasteiger partial charge in [-0.2, -0.15) is 0 Å². The monoisotopic (exact) mass is 252 g/mol. The quantitative estimate of drug-likeness (QED) is 0.898. The Morgan fingerprint density at radius 1 is 1.16 bits per heavy atom. The average molecular weight is 252 g/mol. The molecular formula is C17H20N2. The number of nitrogens with one attached hydrogen (secondary N) is 1. The van der Waals surface area contributed by atoms with Crippen molar-refractivity contribution in [2.24, 2.45) is 0 Å². The first-order chi connectivity index (χ1) is 9.38. The fraction of sp³-hybridized carbons (Fsp3) is 0.353. The summed E-state index contributed by atoms with van der Waals surface area (Å²) in [5, 5.41) is 3.40. The summed E-state index contributed by atoms with van der Waals surface area (Å²) in [6.45, 7) is 0. The lowest BCUT2D eigenvalue weighted by atomic mass is 9.79. The van der Waals surface area contributed by atoms with Gasteiger partial charge >= 0.3 is 0 Å². The molecule has 1 N–H and O–H groups in total. The zero-order valence-corrected chi connectivity index (χ0v) is 11.3. The third kappa shape index (κ3) is 2.54. The number of hydrogen-bond acceptors (Lipinski definition) is 2. The minimum atomic E-state index is 0.230. The Hall–Kier alpha value is -1.67. The number of nitrogens with zero attached hydrogens (tertiary/aromatic N) is 1. The summed E-state index contributed by atoms with van der Waals surface area (Å²) < 4.78 is 0. The number of benzene rings is 1. The van der Waals surface area contributed by atoms with Crippen LogP contribution in [0.25, 0.3) is 0 Å². The molecule has 2 aromatic rings. The van der Waals surface area contributed by atoms with Crippen molar-refractivity contribution in [2.75, 3.05) is 7.05 Å². The van der Waals surface area contributed by atoms with Gasteiger partial charge in [0.1, 0.15) is 0 Å². The molecule has 3 rings (SSSR count). The average Bonchev–Trinajstić information content (AvgIpc) is 2.39. The van der Waals surface area contributed by atoms with E-state index in [1.807, 2.05) is 25.5 Å². The van der Waals surface area contributed by atoms with Gasteiger partial charge in [0.05, 0.1) is 6.04 Å². The maximum atomic E-state index is 4.22. The molecule has 1 aliphatic carbocycles. The Kier molecular flexibility index (Phi) is 3.60. The van der Waals surface area contributed by atoms with Crippen LogP contribution in [0.5, 0.6) is 0 Å². The molecule has 1 unspecified atom stereocenters. The van der Waals surface area contributed by atoms with Gasteiger partial charge in [-0.05, 0) is 48.6 Å². The zero-order chi connectivity index (χ0) is 13.1. The third-order valence-electron chi connectivity index (χ3n) is 4.13. The summed E-state index contributed by atoms with van der Waals surface area (Å²) in [4.78, 5) is 4.22. The number of aromatic nitrogens is 1. The molecule has 2 nitrogen and oxygen atoms in total. The highest BCUT2D eigenvalue weighted by molar-refractivity contribution is 5.35. The minimum absolute atomic E-state index is 0.230. The van der Waals surface area contributed by atoms with E-state index in [0.29, 0.717) is 0 Å². The predicted octanol–water partition coefficient (Wildman–Crippen LogP) is 3.66. The van der Waals surface area contributed by atoms with E-state index in [1.165, 1.54) is 36.0 Å². The van der Waals surface area contributed by atoms with Gasteiger partial charge in [0.15, 0.2) is 0 Å². The molecule has 0 radical (unpaired) electrons. The largest absolute Gasteiger partial charge is 0.309 e. The normalized spacial score (nSPS) is 16.9. The Labute approximate surface area is 114 Å². The molecule has 1 atom stereocenters. The standard InChI is InChI=1S/C17H20N2/c1-18-17(16-9-4-10-19-12-16)15-8-3-7-14(11-15)13-5-2-6-13/h3-4,7-13,17-18H,2,5-6H2,1H3. The molecule has 1 aromatic carbocycles. The lowest BCUT2D eigenvalue weighted by Crippen LogP contribution is -2.18. The third-order valence-corrected chi connectivity index (χ3v) is 4.13. The molecule has 19 heavy (non-hydrogen) atoms. The molecule has 0 amide bonds. The van der Waals surface area contributed by atoms with Crippen LogP contribution in [0.3, 0.4) is 0 Å². The highest BCUT2D eigenvalue weighted by Crippen LogP contribution is 2.37. The van der Waals surface area contributed by atoms with Gasteiger partial charge in [0.2, 0.25) is 0 Å². The summed E-state index contributed by atoms with van der Waals surface area (Å²) in [6.07, 6.45) is 7.84. The Balaban J connectivity index is 1.91. The van der Waals surface area contributed by atoms with Gasteiger partial charge in [-0.25, -0.2) is 0 Å². The lowest BCUT2D eigenvalue weighted by molar-refractivity contribution is 0.419. The molecule has 98 valence electrons. The summed E-state index contributed by atoms with van der Waals surface area (Å²) in [5.74, 6) is 0.784. The molecular weight excluding hydrogens is 232 g/mol. The molecule has 1 heterocycles. The van der Waals surface area contributed by atoms with Gasteiger partial charge in [-0.15, -0.1) is 0 Å². The Bertz CT molecular complexity index is 532. The fourth-order valence-corrected chi connectivity index (χ4v) is 2.81. The van der Waals surface area contributed by atoms with Crippen LogP contribution in [0.4, 0.5) is 0 Å². The molecule has 1 saturated carbocycles. The van der Waals surface area contributed by atoms with Crippen LogP contribution in [-0.4, -0.2) is 12.0 Å². The van der Waals surface area contributed by atoms with Gasteiger partial charge in [-0.3, -0.25) is 4.98 Å². The predicted molar refractivity (Wildman–Crippen MR) is 78.2 cm³/mol. The van der Waals surface area contributed by atoms with Crippen molar-refractivity contribution in [1.82, 2.24) is 10.3 Å². The van der Waals surface area contributed by atoms with Crippen LogP contribution in [0.1, 0.15) is 47.9 Å². The molecule has 2 heteroatoms. The number of pyridine rings is 1. The second-order valence-electron chi connectivity index (χ2n) is 5.31. The van der Waals surface area contributed by atoms with Crippen LogP contribution < -0.4 is 5.32 Å². The second kappa shape index (κ2) is 5.54. The van der Waals surface area contributed by atoms with E-state index >= 15 is 0 Å². The Morgan fingerprint density at radius 3 is 2.63 bits per heavy atom. The van der Waals surface area contributed by atoms with Crippen molar-refractivity contribution in [2.45, 2.75) is 31.2 Å². The Morgan fingerprint density at radius 2 is 2.00 bits per heavy atom. The summed E-state index contributed by atoms with van der Waals surface area (Å²) in [5.41, 5.74) is 4.04. The van der Waals surface area contributed by atoms with E-state index in [-0.39, 0.29) is 6.04 Å². The van der Waals surface area contributed by atoms with Crippen LogP contribution >= 0.6 is 0 Å². The van der Waals surface area contributed by atoms with Crippen molar-refractivity contribution < 1.29 is 0 Å². The molecule has 0 spiro atoms. The van der Waals surface area contributed by atoms with E-state index in [9.17, 15) is 0 Å². The van der Waals surface area contributed by atoms with E-state index in [1.54, 1.807) is 0 Å². The van der Waals surface area contributed by atoms with Crippen LogP contribution in [0.15, 0.2) is 48.8 Å². The SMILES string of the molecule is CNC(c1cccnc1)c1cccc(C2CCC2)c1. The van der Waals surface area contributed by atoms with E-state index in [4.69, 9.17) is 0 Å². The fourth-order valence-electron chi connectivity index (χ4n) is 2.81. The summed E-state index contributed by atoms with van der Waals surface area (Å²) in [6, 6.07) is 13.4. The summed E-state index contributed by atoms with van der Waals surface area (Å²) >= 11 is 0. The van der Waals surface area contributed by atoms with E-state index < -0.39 is 0 Å². The van der Waals surface area contributed by atoms with E-state index in [2.05, 4.69) is 40.6 Å². The zero-order valence-electron chi connectivity index (χ0n) is 11.3. The minimum Gasteiger partial charge on any atom is -0.309 e. The first-order valence-corrected chi connectivity index (χ1v) is 7.05. The molecule has 1 aliphatic rings. The molecule has 1 aromatic heterocycles. The molecule has 0 saturated heterocycles. The van der Waals surface area contributed by atoms with Gasteiger partial charge in [-0.1, -0.05) is 36.8 Å². The van der Waals surface area contributed by atoms with E-state index in [0.717, 1.165) is 5.92 Å². The highest BCUT2D eigenvalue weighted by atomic mass is 14.9. The highest BCUT2D eigenvalue weighted by Gasteiger charge is 2.20. The van der Waals surface area contributed by atoms with Crippen LogP contribution in [0.2, 0.25) is 0 Å². The smallest absolute Gasteiger partial charge is 0.0589 e. The van der Waals surface area contributed by atoms with Crippen molar-refractivity contribution in [3.05, 3.63) is 65.5 Å². The molecule has 0 aliphatic heterocycles. The van der Waals surface area contributed by atoms with Crippen molar-refractivity contribution in [3.63, 3.8) is 0 Å². The topological polar surface area (TPSA) is 24.9 Å². The number of rotatable bonds is 4. The summed E-state index contributed by atoms with van der Waals surface area (Å²) in [7, 11) is 2.01. The van der Waals surface area contributed by atoms with Gasteiger partial charge < -0.3 is 5.32 Å². The second-order valence-corrected chi connectivity index (χ2v) is 5.31. The van der Waals surface area contributed by atoms with Crippen molar-refractivity contribution in [1.29, 1.82) is 0 Å². The molecule has 0 bridgehead atoms. The van der Waals surface area contributed by atoms with Crippen molar-refractivity contribution >= 4 is 0 Å². The van der Waals surface area contributed by atoms with Crippen LogP contribution in [0, 0.1) is 0 Å². The van der Waals surface area contributed by atoms with Gasteiger partial charge in [0.25, 0.3) is 0 Å².